The van der Waals surface area contributed by atoms with Gasteiger partial charge >= 0.3 is 0 Å². The van der Waals surface area contributed by atoms with E-state index in [-0.39, 0.29) is 53.8 Å². The molecule has 0 aromatic heterocycles. The largest absolute Gasteiger partial charge is 0.386 e. The number of rotatable bonds is 19. The number of nitrogens with two attached hydrogens (primary N) is 1. The Morgan fingerprint density at radius 1 is 0.942 bits per heavy atom. The van der Waals surface area contributed by atoms with Gasteiger partial charge in [0.1, 0.15) is 6.04 Å². The number of nitrogens with zero attached hydrogens (tertiary/aromatic N) is 2. The van der Waals surface area contributed by atoms with Gasteiger partial charge in [-0.15, -0.1) is 0 Å². The Morgan fingerprint density at radius 2 is 1.54 bits per heavy atom. The summed E-state index contributed by atoms with van der Waals surface area (Å²) in [7, 11) is 4.80. The lowest BCUT2D eigenvalue weighted by Gasteiger charge is -2.41. The lowest BCUT2D eigenvalue weighted by Crippen LogP contribution is -2.59. The number of likely N-dealkylation sites (tertiary alicyclic amines) is 1. The molecule has 2 rings (SSSR count). The molecule has 298 valence electrons. The molecule has 4 amide bonds. The highest BCUT2D eigenvalue weighted by molar-refractivity contribution is 5.90. The number of nitrogens with one attached hydrogen (secondary N) is 2. The summed E-state index contributed by atoms with van der Waals surface area (Å²) in [6, 6.07) is 6.29. The number of aliphatic hydroxyl groups is 1. The smallest absolute Gasteiger partial charge is 0.245 e. The van der Waals surface area contributed by atoms with Crippen LogP contribution in [0.25, 0.3) is 0 Å². The molecule has 0 spiro atoms. The minimum atomic E-state index is -0.878. The molecule has 12 heteroatoms. The molecule has 1 heterocycles. The van der Waals surface area contributed by atoms with Gasteiger partial charge < -0.3 is 40.7 Å². The van der Waals surface area contributed by atoms with Crippen molar-refractivity contribution < 1.29 is 33.8 Å². The van der Waals surface area contributed by atoms with Crippen LogP contribution in [0.2, 0.25) is 0 Å². The average molecular weight is 734 g/mol. The van der Waals surface area contributed by atoms with E-state index >= 15 is 0 Å². The highest BCUT2D eigenvalue weighted by Crippen LogP contribution is 2.30. The predicted molar refractivity (Wildman–Crippen MR) is 206 cm³/mol. The van der Waals surface area contributed by atoms with Crippen LogP contribution in [0.15, 0.2) is 30.3 Å². The molecule has 1 aliphatic heterocycles. The maximum atomic E-state index is 14.1. The van der Waals surface area contributed by atoms with Crippen molar-refractivity contribution >= 4 is 23.6 Å². The maximum Gasteiger partial charge on any atom is 0.245 e. The maximum absolute atomic E-state index is 14.1. The summed E-state index contributed by atoms with van der Waals surface area (Å²) in [6.45, 7) is 19.6. The first-order chi connectivity index (χ1) is 24.5. The van der Waals surface area contributed by atoms with Gasteiger partial charge in [0.2, 0.25) is 23.6 Å². The van der Waals surface area contributed by atoms with E-state index in [1.807, 2.05) is 85.7 Å². The summed E-state index contributed by atoms with van der Waals surface area (Å²) in [5.41, 5.74) is 6.80. The Labute approximate surface area is 313 Å². The molecular weight excluding hydrogens is 662 g/mol. The van der Waals surface area contributed by atoms with Crippen LogP contribution in [-0.2, 0) is 28.7 Å². The van der Waals surface area contributed by atoms with Gasteiger partial charge in [-0.3, -0.25) is 19.2 Å². The van der Waals surface area contributed by atoms with Crippen LogP contribution in [0.4, 0.5) is 0 Å². The first-order valence-electron chi connectivity index (χ1n) is 19.2. The molecule has 0 aliphatic carbocycles. The first-order valence-corrected chi connectivity index (χ1v) is 19.2. The number of carbonyl (C=O) groups is 4. The highest BCUT2D eigenvalue weighted by atomic mass is 16.5. The molecule has 1 aromatic carbocycles. The molecule has 0 saturated carbocycles. The minimum absolute atomic E-state index is 0.0217. The van der Waals surface area contributed by atoms with E-state index < -0.39 is 48.4 Å². The van der Waals surface area contributed by atoms with Gasteiger partial charge in [0.05, 0.1) is 54.8 Å². The third-order valence-corrected chi connectivity index (χ3v) is 10.5. The fourth-order valence-corrected chi connectivity index (χ4v) is 6.97. The summed E-state index contributed by atoms with van der Waals surface area (Å²) >= 11 is 0. The van der Waals surface area contributed by atoms with Gasteiger partial charge in [-0.25, -0.2) is 0 Å². The average Bonchev–Trinajstić information content (AvgIpc) is 3.63. The van der Waals surface area contributed by atoms with Gasteiger partial charge in [0, 0.05) is 27.8 Å². The second-order valence-electron chi connectivity index (χ2n) is 14.7. The van der Waals surface area contributed by atoms with Crippen molar-refractivity contribution in [1.82, 2.24) is 20.4 Å². The molecule has 12 nitrogen and oxygen atoms in total. The Morgan fingerprint density at radius 3 is 2.04 bits per heavy atom. The number of methoxy groups -OCH3 is 2. The molecule has 0 bridgehead atoms. The summed E-state index contributed by atoms with van der Waals surface area (Å²) in [5.74, 6) is -1.99. The van der Waals surface area contributed by atoms with Crippen molar-refractivity contribution in [1.29, 1.82) is 0 Å². The fourth-order valence-electron chi connectivity index (χ4n) is 6.97. The fraction of sp³-hybridized carbons (Fsp3) is 0.750. The Kier molecular flexibility index (Phi) is 20.7. The van der Waals surface area contributed by atoms with Crippen molar-refractivity contribution in [3.05, 3.63) is 35.9 Å². The number of benzene rings is 1. The van der Waals surface area contributed by atoms with Crippen molar-refractivity contribution in [3.8, 4) is 0 Å². The minimum Gasteiger partial charge on any atom is -0.386 e. The standard InChI is InChI=1S/C38H65N5O7.C2H6/c1-12-24(6)33(42(9)38(48)32(23(4)5)41-37(47)31(39)22(2)3)29(49-10)21-30(44)43-20-16-19-28(43)35(50-11)25(7)36(46)40-26(8)34(45)27-17-14-13-15-18-27;1-2/h13-15,17-18,22-26,28-29,31-35,45H,12,16,19-21,39H2,1-11H3,(H,40,46)(H,41,47);1-2H3/t24-,25+,26+,28-,29+,31-,32?,33-,34+,35+;/m0./s1. The van der Waals surface area contributed by atoms with E-state index in [0.29, 0.717) is 18.5 Å². The van der Waals surface area contributed by atoms with Crippen LogP contribution in [0.3, 0.4) is 0 Å². The number of likely N-dealkylation sites (N-methyl/N-ethyl adjacent to an activating group) is 1. The number of carbonyl (C=O) groups excluding carboxylic acids is 4. The van der Waals surface area contributed by atoms with Crippen LogP contribution in [0.1, 0.15) is 107 Å². The molecular formula is C40H71N5O7. The molecule has 1 saturated heterocycles. The third kappa shape index (κ3) is 12.5. The normalized spacial score (nSPS) is 19.6. The Hall–Kier alpha value is -3.06. The van der Waals surface area contributed by atoms with E-state index in [1.54, 1.807) is 44.9 Å². The Balaban J connectivity index is 0.00000664. The lowest BCUT2D eigenvalue weighted by molar-refractivity contribution is -0.147. The van der Waals surface area contributed by atoms with E-state index in [0.717, 1.165) is 12.8 Å². The number of amides is 4. The van der Waals surface area contributed by atoms with Crippen molar-refractivity contribution in [2.24, 2.45) is 29.4 Å². The molecule has 10 atom stereocenters. The second kappa shape index (κ2) is 22.9. The summed E-state index contributed by atoms with van der Waals surface area (Å²) in [6.07, 6.45) is 0.0955. The second-order valence-corrected chi connectivity index (χ2v) is 14.7. The van der Waals surface area contributed by atoms with Gasteiger partial charge in [-0.2, -0.15) is 0 Å². The van der Waals surface area contributed by atoms with Crippen molar-refractivity contribution in [2.75, 3.05) is 27.8 Å². The highest BCUT2D eigenvalue weighted by Gasteiger charge is 2.43. The first kappa shape index (κ1) is 47.0. The molecule has 5 N–H and O–H groups in total. The molecule has 1 unspecified atom stereocenters. The number of ether oxygens (including phenoxy) is 2. The van der Waals surface area contributed by atoms with Crippen LogP contribution < -0.4 is 16.4 Å². The number of hydrogen-bond acceptors (Lipinski definition) is 8. The zero-order valence-corrected chi connectivity index (χ0v) is 34.2. The van der Waals surface area contributed by atoms with E-state index in [2.05, 4.69) is 10.6 Å². The zero-order chi connectivity index (χ0) is 39.9. The quantitative estimate of drug-likeness (QED) is 0.164. The van der Waals surface area contributed by atoms with Crippen LogP contribution in [-0.4, -0.2) is 109 Å². The van der Waals surface area contributed by atoms with Crippen molar-refractivity contribution in [3.63, 3.8) is 0 Å². The number of aliphatic hydroxyl groups excluding tert-OH is 1. The monoisotopic (exact) mass is 734 g/mol. The molecule has 1 aliphatic rings. The van der Waals surface area contributed by atoms with Gasteiger partial charge in [-0.1, -0.05) is 99.1 Å². The molecule has 0 radical (unpaired) electrons. The molecule has 1 aromatic rings. The predicted octanol–water partition coefficient (Wildman–Crippen LogP) is 4.30. The summed E-state index contributed by atoms with van der Waals surface area (Å²) in [4.78, 5) is 57.8. The zero-order valence-electron chi connectivity index (χ0n) is 34.2. The van der Waals surface area contributed by atoms with E-state index in [9.17, 15) is 24.3 Å². The van der Waals surface area contributed by atoms with Gasteiger partial charge in [-0.05, 0) is 43.1 Å². The summed E-state index contributed by atoms with van der Waals surface area (Å²) < 4.78 is 11.9. The van der Waals surface area contributed by atoms with Crippen LogP contribution >= 0.6 is 0 Å². The van der Waals surface area contributed by atoms with Crippen molar-refractivity contribution in [2.45, 2.75) is 143 Å². The topological polar surface area (TPSA) is 164 Å². The van der Waals surface area contributed by atoms with E-state index in [1.165, 1.54) is 0 Å². The number of hydrogen-bond donors (Lipinski definition) is 4. The third-order valence-electron chi connectivity index (χ3n) is 10.5. The molecule has 52 heavy (non-hydrogen) atoms. The summed E-state index contributed by atoms with van der Waals surface area (Å²) in [5, 5.41) is 16.6. The molecule has 1 fully saturated rings. The van der Waals surface area contributed by atoms with Gasteiger partial charge in [0.15, 0.2) is 0 Å². The SMILES string of the molecule is CC.CC[C@H](C)[C@@H]([C@@H](CC(=O)N1CCC[C@H]1[C@H](OC)[C@@H](C)C(=O)N[C@H](C)[C@@H](O)c1ccccc1)OC)N(C)C(=O)C(NC(=O)[C@@H](N)C(C)C)C(C)C. The Bertz CT molecular complexity index is 1230. The van der Waals surface area contributed by atoms with Crippen LogP contribution in [0.5, 0.6) is 0 Å². The van der Waals surface area contributed by atoms with Gasteiger partial charge in [0.25, 0.3) is 0 Å². The van der Waals surface area contributed by atoms with E-state index in [4.69, 9.17) is 15.2 Å². The lowest BCUT2D eigenvalue weighted by atomic mass is 9.89. The van der Waals surface area contributed by atoms with Crippen LogP contribution in [0, 0.1) is 23.7 Å².